The van der Waals surface area contributed by atoms with E-state index in [1.165, 1.54) is 0 Å². The van der Waals surface area contributed by atoms with Crippen molar-refractivity contribution < 1.29 is 4.79 Å². The van der Waals surface area contributed by atoms with Crippen LogP contribution < -0.4 is 10.6 Å². The van der Waals surface area contributed by atoms with E-state index < -0.39 is 0 Å². The number of nitrogens with zero attached hydrogens (tertiary/aromatic N) is 2. The summed E-state index contributed by atoms with van der Waals surface area (Å²) in [7, 11) is 0. The van der Waals surface area contributed by atoms with Crippen molar-refractivity contribution in [1.82, 2.24) is 20.5 Å². The molecule has 6 heteroatoms. The summed E-state index contributed by atoms with van der Waals surface area (Å²) >= 11 is 0. The van der Waals surface area contributed by atoms with E-state index in [-0.39, 0.29) is 5.91 Å². The minimum Gasteiger partial charge on any atom is -0.355 e. The smallest absolute Gasteiger partial charge is 0.253 e. The van der Waals surface area contributed by atoms with Crippen LogP contribution in [0.4, 0.5) is 11.4 Å². The summed E-state index contributed by atoms with van der Waals surface area (Å²) in [5.41, 5.74) is 4.91. The maximum absolute atomic E-state index is 12.7. The third-order valence-electron chi connectivity index (χ3n) is 5.15. The average Bonchev–Trinajstić information content (AvgIpc) is 3.20. The van der Waals surface area contributed by atoms with Crippen molar-refractivity contribution in [2.45, 2.75) is 20.3 Å². The molecule has 2 heterocycles. The molecule has 0 unspecified atom stereocenters. The van der Waals surface area contributed by atoms with Crippen LogP contribution in [0.15, 0.2) is 66.9 Å². The summed E-state index contributed by atoms with van der Waals surface area (Å²) in [4.78, 5) is 17.0. The van der Waals surface area contributed by atoms with Gasteiger partial charge >= 0.3 is 0 Å². The van der Waals surface area contributed by atoms with Crippen LogP contribution in [0.2, 0.25) is 0 Å². The Labute approximate surface area is 187 Å². The maximum atomic E-state index is 12.7. The molecule has 0 bridgehead atoms. The van der Waals surface area contributed by atoms with E-state index in [0.717, 1.165) is 40.1 Å². The molecule has 0 fully saturated rings. The van der Waals surface area contributed by atoms with Gasteiger partial charge in [0.15, 0.2) is 0 Å². The quantitative estimate of drug-likeness (QED) is 0.341. The number of carbonyl (C=O) groups is 1. The average molecular weight is 426 g/mol. The fourth-order valence-corrected chi connectivity index (χ4v) is 3.40. The van der Waals surface area contributed by atoms with Gasteiger partial charge in [-0.2, -0.15) is 5.10 Å². The van der Waals surface area contributed by atoms with Crippen LogP contribution >= 0.6 is 0 Å². The van der Waals surface area contributed by atoms with Crippen LogP contribution in [0.25, 0.3) is 23.1 Å². The fraction of sp³-hybridized carbons (Fsp3) is 0.192. The number of pyridine rings is 1. The van der Waals surface area contributed by atoms with Crippen molar-refractivity contribution in [2.75, 3.05) is 11.9 Å². The minimum absolute atomic E-state index is 0.0710. The third kappa shape index (κ3) is 5.21. The number of hydrogen-bond acceptors (Lipinski definition) is 4. The van der Waals surface area contributed by atoms with Crippen molar-refractivity contribution in [1.29, 1.82) is 0 Å². The lowest BCUT2D eigenvalue weighted by molar-refractivity contribution is 0.0953. The Morgan fingerprint density at radius 1 is 1.06 bits per heavy atom. The van der Waals surface area contributed by atoms with Crippen molar-refractivity contribution in [3.63, 3.8) is 0 Å². The van der Waals surface area contributed by atoms with Crippen LogP contribution in [0, 0.1) is 5.92 Å². The van der Waals surface area contributed by atoms with Gasteiger partial charge in [0.05, 0.1) is 28.2 Å². The predicted octanol–water partition coefficient (Wildman–Crippen LogP) is 5.65. The number of nitrogens with one attached hydrogen (secondary N) is 3. The number of para-hydroxylation sites is 1. The number of fused-ring (bicyclic) bond motifs is 1. The van der Waals surface area contributed by atoms with Gasteiger partial charge in [-0.25, -0.2) is 0 Å². The lowest BCUT2D eigenvalue weighted by Gasteiger charge is -2.13. The van der Waals surface area contributed by atoms with Gasteiger partial charge in [0.1, 0.15) is 0 Å². The Bertz CT molecular complexity index is 1230. The van der Waals surface area contributed by atoms with Gasteiger partial charge in [-0.15, -0.1) is 0 Å². The molecule has 0 atom stereocenters. The molecule has 0 aliphatic rings. The zero-order valence-electron chi connectivity index (χ0n) is 18.3. The standard InChI is InChI=1S/C26H27N5O/c1-18(2)14-16-28-26(32)22-8-3-4-9-23(22)29-20-10-12-21-24(30-31-25(21)17-20)13-11-19-7-5-6-15-27-19/h3-13,15,17-18,29H,14,16H2,1-2H3,(H,28,32)(H,30,31)/b13-11+. The van der Waals surface area contributed by atoms with E-state index in [2.05, 4.69) is 39.7 Å². The first kappa shape index (κ1) is 21.3. The second-order valence-corrected chi connectivity index (χ2v) is 8.07. The molecule has 32 heavy (non-hydrogen) atoms. The topological polar surface area (TPSA) is 82.7 Å². The first-order chi connectivity index (χ1) is 15.6. The number of H-pyrrole nitrogens is 1. The third-order valence-corrected chi connectivity index (χ3v) is 5.15. The molecule has 0 aliphatic heterocycles. The van der Waals surface area contributed by atoms with E-state index in [1.54, 1.807) is 6.20 Å². The highest BCUT2D eigenvalue weighted by Crippen LogP contribution is 2.26. The first-order valence-corrected chi connectivity index (χ1v) is 10.8. The Kier molecular flexibility index (Phi) is 6.60. The Hall–Kier alpha value is -3.93. The normalized spacial score (nSPS) is 11.3. The first-order valence-electron chi connectivity index (χ1n) is 10.8. The van der Waals surface area contributed by atoms with Crippen molar-refractivity contribution in [3.8, 4) is 0 Å². The lowest BCUT2D eigenvalue weighted by Crippen LogP contribution is -2.26. The number of aromatic nitrogens is 3. The SMILES string of the molecule is CC(C)CCNC(=O)c1ccccc1Nc1ccc2c(/C=C/c3ccccn3)n[nH]c2c1. The van der Waals surface area contributed by atoms with E-state index in [4.69, 9.17) is 0 Å². The summed E-state index contributed by atoms with van der Waals surface area (Å²) in [6.45, 7) is 4.96. The molecule has 0 saturated carbocycles. The van der Waals surface area contributed by atoms with Crippen LogP contribution in [-0.2, 0) is 0 Å². The number of benzene rings is 2. The number of hydrogen-bond donors (Lipinski definition) is 3. The number of anilines is 2. The summed E-state index contributed by atoms with van der Waals surface area (Å²) < 4.78 is 0. The summed E-state index contributed by atoms with van der Waals surface area (Å²) in [6, 6.07) is 19.3. The van der Waals surface area contributed by atoms with E-state index in [1.807, 2.05) is 72.8 Å². The molecule has 162 valence electrons. The molecule has 0 saturated heterocycles. The maximum Gasteiger partial charge on any atom is 0.253 e. The summed E-state index contributed by atoms with van der Waals surface area (Å²) in [5, 5.41) is 14.9. The highest BCUT2D eigenvalue weighted by molar-refractivity contribution is 6.00. The van der Waals surface area contributed by atoms with Gasteiger partial charge in [0, 0.05) is 23.8 Å². The van der Waals surface area contributed by atoms with Gasteiger partial charge in [-0.3, -0.25) is 14.9 Å². The molecule has 2 aromatic heterocycles. The van der Waals surface area contributed by atoms with Crippen LogP contribution in [0.3, 0.4) is 0 Å². The molecule has 2 aromatic carbocycles. The van der Waals surface area contributed by atoms with Crippen LogP contribution in [0.5, 0.6) is 0 Å². The molecule has 0 spiro atoms. The predicted molar refractivity (Wildman–Crippen MR) is 131 cm³/mol. The zero-order valence-corrected chi connectivity index (χ0v) is 18.3. The minimum atomic E-state index is -0.0710. The van der Waals surface area contributed by atoms with Gasteiger partial charge in [-0.05, 0) is 67.0 Å². The number of amides is 1. The molecule has 4 rings (SSSR count). The molecule has 0 aliphatic carbocycles. The number of carbonyl (C=O) groups excluding carboxylic acids is 1. The van der Waals surface area contributed by atoms with Gasteiger partial charge < -0.3 is 10.6 Å². The van der Waals surface area contributed by atoms with Gasteiger partial charge in [0.25, 0.3) is 5.91 Å². The van der Waals surface area contributed by atoms with E-state index >= 15 is 0 Å². The van der Waals surface area contributed by atoms with Gasteiger partial charge in [0.2, 0.25) is 0 Å². The molecule has 1 amide bonds. The number of aromatic amines is 1. The fourth-order valence-electron chi connectivity index (χ4n) is 3.40. The summed E-state index contributed by atoms with van der Waals surface area (Å²) in [6.07, 6.45) is 6.61. The lowest BCUT2D eigenvalue weighted by atomic mass is 10.1. The van der Waals surface area contributed by atoms with Gasteiger partial charge in [-0.1, -0.05) is 32.0 Å². The molecule has 3 N–H and O–H groups in total. The van der Waals surface area contributed by atoms with Crippen LogP contribution in [0.1, 0.15) is 42.0 Å². The Morgan fingerprint density at radius 3 is 2.72 bits per heavy atom. The highest BCUT2D eigenvalue weighted by atomic mass is 16.1. The van der Waals surface area contributed by atoms with Crippen molar-refractivity contribution >= 4 is 40.3 Å². The molecule has 0 radical (unpaired) electrons. The second-order valence-electron chi connectivity index (χ2n) is 8.07. The molecule has 6 nitrogen and oxygen atoms in total. The Morgan fingerprint density at radius 2 is 1.91 bits per heavy atom. The second kappa shape index (κ2) is 9.92. The molecule has 4 aromatic rings. The largest absolute Gasteiger partial charge is 0.355 e. The molecular weight excluding hydrogens is 398 g/mol. The monoisotopic (exact) mass is 425 g/mol. The van der Waals surface area contributed by atoms with E-state index in [9.17, 15) is 4.79 Å². The van der Waals surface area contributed by atoms with Crippen molar-refractivity contribution in [2.24, 2.45) is 5.92 Å². The highest BCUT2D eigenvalue weighted by Gasteiger charge is 2.12. The molecular formula is C26H27N5O. The number of rotatable bonds is 8. The van der Waals surface area contributed by atoms with E-state index in [0.29, 0.717) is 18.0 Å². The van der Waals surface area contributed by atoms with Crippen molar-refractivity contribution in [3.05, 3.63) is 83.8 Å². The summed E-state index contributed by atoms with van der Waals surface area (Å²) in [5.74, 6) is 0.479. The van der Waals surface area contributed by atoms with Crippen LogP contribution in [-0.4, -0.2) is 27.6 Å². The Balaban J connectivity index is 1.51. The zero-order chi connectivity index (χ0) is 22.3.